The monoisotopic (exact) mass is 330 g/mol. The minimum absolute atomic E-state index is 0.678. The summed E-state index contributed by atoms with van der Waals surface area (Å²) in [6.45, 7) is 1.96. The number of nitrogens with zero attached hydrogens (tertiary/aromatic N) is 3. The van der Waals surface area contributed by atoms with E-state index in [2.05, 4.69) is 4.98 Å². The van der Waals surface area contributed by atoms with E-state index in [0.717, 1.165) is 39.6 Å². The molecule has 25 heavy (non-hydrogen) atoms. The Labute approximate surface area is 145 Å². The van der Waals surface area contributed by atoms with E-state index in [1.807, 2.05) is 72.1 Å². The van der Waals surface area contributed by atoms with Gasteiger partial charge in [0.2, 0.25) is 5.78 Å². The fourth-order valence-electron chi connectivity index (χ4n) is 2.89. The Morgan fingerprint density at radius 1 is 0.880 bits per heavy atom. The second-order valence-electron chi connectivity index (χ2n) is 5.90. The van der Waals surface area contributed by atoms with E-state index in [0.29, 0.717) is 5.78 Å². The zero-order valence-electron chi connectivity index (χ0n) is 14.1. The lowest BCUT2D eigenvalue weighted by atomic mass is 10.0. The summed E-state index contributed by atoms with van der Waals surface area (Å²) in [4.78, 5) is 9.34. The third-order valence-electron chi connectivity index (χ3n) is 4.18. The van der Waals surface area contributed by atoms with Gasteiger partial charge in [0.1, 0.15) is 5.75 Å². The lowest BCUT2D eigenvalue weighted by Crippen LogP contribution is -1.93. The van der Waals surface area contributed by atoms with Crippen LogP contribution >= 0.6 is 0 Å². The van der Waals surface area contributed by atoms with Crippen LogP contribution in [0.4, 0.5) is 5.69 Å². The van der Waals surface area contributed by atoms with Crippen LogP contribution in [-0.4, -0.2) is 21.5 Å². The number of nitrogens with two attached hydrogens (primary N) is 1. The van der Waals surface area contributed by atoms with E-state index in [1.165, 1.54) is 0 Å². The lowest BCUT2D eigenvalue weighted by molar-refractivity contribution is 0.415. The van der Waals surface area contributed by atoms with Crippen molar-refractivity contribution >= 4 is 11.5 Å². The molecule has 4 rings (SSSR count). The first-order valence-electron chi connectivity index (χ1n) is 8.02. The Kier molecular flexibility index (Phi) is 3.61. The van der Waals surface area contributed by atoms with Crippen LogP contribution in [-0.2, 0) is 0 Å². The van der Waals surface area contributed by atoms with E-state index in [4.69, 9.17) is 15.5 Å². The largest absolute Gasteiger partial charge is 0.497 e. The van der Waals surface area contributed by atoms with Crippen LogP contribution in [0, 0.1) is 6.92 Å². The number of methoxy groups -OCH3 is 1. The van der Waals surface area contributed by atoms with Crippen molar-refractivity contribution in [3.05, 3.63) is 66.5 Å². The number of hydrogen-bond acceptors (Lipinski definition) is 4. The van der Waals surface area contributed by atoms with Gasteiger partial charge in [-0.25, -0.2) is 9.97 Å². The van der Waals surface area contributed by atoms with Crippen LogP contribution < -0.4 is 10.5 Å². The van der Waals surface area contributed by atoms with Crippen LogP contribution in [0.2, 0.25) is 0 Å². The average molecular weight is 330 g/mol. The molecule has 0 spiro atoms. The summed E-state index contributed by atoms with van der Waals surface area (Å²) >= 11 is 0. The molecule has 0 radical (unpaired) electrons. The van der Waals surface area contributed by atoms with Gasteiger partial charge in [-0.15, -0.1) is 0 Å². The molecule has 4 aromatic rings. The van der Waals surface area contributed by atoms with Gasteiger partial charge < -0.3 is 10.5 Å². The number of benzene rings is 2. The molecule has 0 unspecified atom stereocenters. The summed E-state index contributed by atoms with van der Waals surface area (Å²) in [5, 5.41) is 0. The van der Waals surface area contributed by atoms with Gasteiger partial charge >= 0.3 is 0 Å². The van der Waals surface area contributed by atoms with Gasteiger partial charge in [-0.05, 0) is 49.4 Å². The molecule has 0 amide bonds. The predicted molar refractivity (Wildman–Crippen MR) is 99.6 cm³/mol. The van der Waals surface area contributed by atoms with Crippen LogP contribution in [0.15, 0.2) is 60.8 Å². The van der Waals surface area contributed by atoms with E-state index in [-0.39, 0.29) is 0 Å². The first-order valence-corrected chi connectivity index (χ1v) is 8.02. The first kappa shape index (κ1) is 15.2. The maximum absolute atomic E-state index is 5.85. The number of rotatable bonds is 3. The first-order chi connectivity index (χ1) is 12.2. The Balaban J connectivity index is 1.98. The molecule has 0 saturated heterocycles. The number of ether oxygens (including phenoxy) is 1. The number of aromatic nitrogens is 3. The molecule has 0 aliphatic heterocycles. The lowest BCUT2D eigenvalue weighted by Gasteiger charge is -2.07. The molecule has 124 valence electrons. The zero-order valence-corrected chi connectivity index (χ0v) is 14.1. The maximum atomic E-state index is 5.85. The Bertz CT molecular complexity index is 1030. The topological polar surface area (TPSA) is 65.4 Å². The van der Waals surface area contributed by atoms with Crippen molar-refractivity contribution in [1.82, 2.24) is 14.4 Å². The molecule has 0 aliphatic carbocycles. The number of imidazole rings is 1. The summed E-state index contributed by atoms with van der Waals surface area (Å²) in [7, 11) is 1.66. The van der Waals surface area contributed by atoms with E-state index >= 15 is 0 Å². The molecular formula is C20H18N4O. The van der Waals surface area contributed by atoms with Gasteiger partial charge in [-0.2, -0.15) is 0 Å². The van der Waals surface area contributed by atoms with Gasteiger partial charge in [0.05, 0.1) is 18.5 Å². The van der Waals surface area contributed by atoms with E-state index in [1.54, 1.807) is 7.11 Å². The van der Waals surface area contributed by atoms with Gasteiger partial charge in [0.15, 0.2) is 0 Å². The van der Waals surface area contributed by atoms with Crippen molar-refractivity contribution in [3.8, 4) is 28.3 Å². The molecule has 0 bridgehead atoms. The molecule has 2 aromatic carbocycles. The van der Waals surface area contributed by atoms with Crippen LogP contribution in [0.3, 0.4) is 0 Å². The Hall–Kier alpha value is -3.34. The molecule has 2 N–H and O–H groups in total. The normalized spacial score (nSPS) is 11.0. The molecule has 5 nitrogen and oxygen atoms in total. The fourth-order valence-corrected chi connectivity index (χ4v) is 2.89. The van der Waals surface area contributed by atoms with Gasteiger partial charge in [0, 0.05) is 28.7 Å². The van der Waals surface area contributed by atoms with Crippen LogP contribution in [0.5, 0.6) is 5.75 Å². The highest BCUT2D eigenvalue weighted by atomic mass is 16.5. The predicted octanol–water partition coefficient (Wildman–Crippen LogP) is 3.96. The van der Waals surface area contributed by atoms with Crippen molar-refractivity contribution in [3.63, 3.8) is 0 Å². The quantitative estimate of drug-likeness (QED) is 0.577. The van der Waals surface area contributed by atoms with Crippen molar-refractivity contribution in [2.45, 2.75) is 6.92 Å². The van der Waals surface area contributed by atoms with E-state index in [9.17, 15) is 0 Å². The highest BCUT2D eigenvalue weighted by Gasteiger charge is 2.16. The maximum Gasteiger partial charge on any atom is 0.235 e. The Morgan fingerprint density at radius 2 is 1.56 bits per heavy atom. The number of nitrogen functional groups attached to an aromatic ring is 1. The number of fused-ring (bicyclic) bond motifs is 1. The third kappa shape index (κ3) is 2.70. The third-order valence-corrected chi connectivity index (χ3v) is 4.18. The second kappa shape index (κ2) is 5.94. The zero-order chi connectivity index (χ0) is 17.4. The van der Waals surface area contributed by atoms with Crippen LogP contribution in [0.1, 0.15) is 5.69 Å². The summed E-state index contributed by atoms with van der Waals surface area (Å²) in [5.74, 6) is 1.49. The minimum Gasteiger partial charge on any atom is -0.497 e. The molecule has 0 atom stereocenters. The molecule has 5 heteroatoms. The molecule has 2 aromatic heterocycles. The highest BCUT2D eigenvalue weighted by molar-refractivity contribution is 5.82. The van der Waals surface area contributed by atoms with E-state index < -0.39 is 0 Å². The summed E-state index contributed by atoms with van der Waals surface area (Å²) < 4.78 is 7.27. The van der Waals surface area contributed by atoms with Crippen molar-refractivity contribution in [1.29, 1.82) is 0 Å². The van der Waals surface area contributed by atoms with Crippen molar-refractivity contribution in [2.24, 2.45) is 0 Å². The van der Waals surface area contributed by atoms with Crippen molar-refractivity contribution < 1.29 is 4.74 Å². The van der Waals surface area contributed by atoms with Crippen LogP contribution in [0.25, 0.3) is 28.3 Å². The second-order valence-corrected chi connectivity index (χ2v) is 5.90. The van der Waals surface area contributed by atoms with Gasteiger partial charge in [-0.3, -0.25) is 4.40 Å². The fraction of sp³-hybridized carbons (Fsp3) is 0.100. The number of hydrogen-bond donors (Lipinski definition) is 1. The standard InChI is InChI=1S/C20H18N4O/c1-13-11-12-24-19(15-3-7-16(21)8-4-15)18(23-20(24)22-13)14-5-9-17(25-2)10-6-14/h3-12H,21H2,1-2H3. The van der Waals surface area contributed by atoms with Gasteiger partial charge in [0.25, 0.3) is 0 Å². The molecular weight excluding hydrogens is 312 g/mol. The summed E-state index contributed by atoms with van der Waals surface area (Å²) in [5.41, 5.74) is 11.4. The van der Waals surface area contributed by atoms with Crippen molar-refractivity contribution in [2.75, 3.05) is 12.8 Å². The number of aryl methyl sites for hydroxylation is 1. The summed E-state index contributed by atoms with van der Waals surface area (Å²) in [6, 6.07) is 17.7. The molecule has 2 heterocycles. The smallest absolute Gasteiger partial charge is 0.235 e. The number of anilines is 1. The molecule has 0 fully saturated rings. The minimum atomic E-state index is 0.678. The molecule has 0 aliphatic rings. The average Bonchev–Trinajstić information content (AvgIpc) is 3.01. The van der Waals surface area contributed by atoms with Gasteiger partial charge in [-0.1, -0.05) is 12.1 Å². The Morgan fingerprint density at radius 3 is 2.24 bits per heavy atom. The summed E-state index contributed by atoms with van der Waals surface area (Å²) in [6.07, 6.45) is 2.00. The molecule has 0 saturated carbocycles. The highest BCUT2D eigenvalue weighted by Crippen LogP contribution is 2.33. The SMILES string of the molecule is COc1ccc(-c2nc3nc(C)ccn3c2-c2ccc(N)cc2)cc1.